The van der Waals surface area contributed by atoms with Crippen molar-refractivity contribution in [3.8, 4) is 0 Å². The average molecular weight is 246 g/mol. The third-order valence-corrected chi connectivity index (χ3v) is 1.85. The minimum atomic E-state index is -0.689. The standard InChI is InChI=1S/C9H18N4O4/c1-6(9(15)11-3-4-17-2)12-8(14)5-7(10)13-16/h6,16H,3-5H2,1-2H3,(H2,10,13)(H,11,15)(H,12,14). The van der Waals surface area contributed by atoms with Crippen molar-refractivity contribution >= 4 is 17.6 Å². The van der Waals surface area contributed by atoms with Crippen molar-refractivity contribution < 1.29 is 19.5 Å². The highest BCUT2D eigenvalue weighted by molar-refractivity contribution is 6.00. The number of carbonyl (C=O) groups is 2. The third-order valence-electron chi connectivity index (χ3n) is 1.85. The molecule has 1 atom stereocenters. The number of nitrogens with two attached hydrogens (primary N) is 1. The Hall–Kier alpha value is -1.83. The number of oxime groups is 1. The average Bonchev–Trinajstić information content (AvgIpc) is 2.28. The zero-order chi connectivity index (χ0) is 13.3. The van der Waals surface area contributed by atoms with E-state index in [-0.39, 0.29) is 18.2 Å². The molecular formula is C9H18N4O4. The van der Waals surface area contributed by atoms with E-state index in [0.29, 0.717) is 13.2 Å². The maximum absolute atomic E-state index is 11.4. The predicted molar refractivity (Wildman–Crippen MR) is 60.5 cm³/mol. The summed E-state index contributed by atoms with van der Waals surface area (Å²) in [7, 11) is 1.52. The Kier molecular flexibility index (Phi) is 7.44. The van der Waals surface area contributed by atoms with Crippen LogP contribution in [0.15, 0.2) is 5.16 Å². The van der Waals surface area contributed by atoms with Crippen molar-refractivity contribution in [1.82, 2.24) is 10.6 Å². The number of methoxy groups -OCH3 is 1. The van der Waals surface area contributed by atoms with Gasteiger partial charge in [0.05, 0.1) is 13.0 Å². The van der Waals surface area contributed by atoms with Gasteiger partial charge in [-0.15, -0.1) is 0 Å². The Labute approximate surface area is 99.2 Å². The summed E-state index contributed by atoms with van der Waals surface area (Å²) < 4.78 is 4.76. The molecule has 2 amide bonds. The molecule has 0 spiro atoms. The highest BCUT2D eigenvalue weighted by atomic mass is 16.5. The van der Waals surface area contributed by atoms with Gasteiger partial charge in [-0.1, -0.05) is 5.16 Å². The molecule has 0 aliphatic carbocycles. The minimum absolute atomic E-state index is 0.213. The van der Waals surface area contributed by atoms with Crippen LogP contribution in [0.25, 0.3) is 0 Å². The summed E-state index contributed by atoms with van der Waals surface area (Å²) in [6.07, 6.45) is -0.258. The van der Waals surface area contributed by atoms with Gasteiger partial charge in [0.25, 0.3) is 0 Å². The molecule has 0 fully saturated rings. The molecule has 0 aromatic carbocycles. The molecule has 8 heteroatoms. The molecule has 98 valence electrons. The SMILES string of the molecule is COCCNC(=O)C(C)NC(=O)CC(N)=NO. The molecule has 0 aromatic rings. The predicted octanol–water partition coefficient (Wildman–Crippen LogP) is -1.61. The van der Waals surface area contributed by atoms with Crippen molar-refractivity contribution in [2.24, 2.45) is 10.9 Å². The molecule has 5 N–H and O–H groups in total. The largest absolute Gasteiger partial charge is 0.409 e. The van der Waals surface area contributed by atoms with E-state index in [0.717, 1.165) is 0 Å². The van der Waals surface area contributed by atoms with Crippen LogP contribution in [0.1, 0.15) is 13.3 Å². The molecule has 0 saturated heterocycles. The van der Waals surface area contributed by atoms with Crippen LogP contribution in [0.5, 0.6) is 0 Å². The number of rotatable bonds is 7. The third kappa shape index (κ3) is 7.12. The Morgan fingerprint density at radius 3 is 2.71 bits per heavy atom. The lowest BCUT2D eigenvalue weighted by Gasteiger charge is -2.13. The van der Waals surface area contributed by atoms with E-state index < -0.39 is 11.9 Å². The lowest BCUT2D eigenvalue weighted by atomic mass is 10.3. The number of ether oxygens (including phenoxy) is 1. The Morgan fingerprint density at radius 2 is 2.18 bits per heavy atom. The summed E-state index contributed by atoms with van der Waals surface area (Å²) >= 11 is 0. The van der Waals surface area contributed by atoms with Gasteiger partial charge in [-0.05, 0) is 6.92 Å². The van der Waals surface area contributed by atoms with Crippen LogP contribution in [0.4, 0.5) is 0 Å². The molecule has 0 aromatic heterocycles. The lowest BCUT2D eigenvalue weighted by Crippen LogP contribution is -2.46. The first-order valence-electron chi connectivity index (χ1n) is 5.03. The molecule has 0 bridgehead atoms. The summed E-state index contributed by atoms with van der Waals surface area (Å²) in [5, 5.41) is 15.9. The van der Waals surface area contributed by atoms with E-state index in [4.69, 9.17) is 15.7 Å². The Balaban J connectivity index is 3.94. The molecular weight excluding hydrogens is 228 g/mol. The van der Waals surface area contributed by atoms with E-state index in [1.807, 2.05) is 0 Å². The highest BCUT2D eigenvalue weighted by Crippen LogP contribution is 1.86. The van der Waals surface area contributed by atoms with Gasteiger partial charge in [-0.25, -0.2) is 0 Å². The van der Waals surface area contributed by atoms with Crippen LogP contribution in [-0.4, -0.2) is 49.2 Å². The highest BCUT2D eigenvalue weighted by Gasteiger charge is 2.15. The molecule has 0 radical (unpaired) electrons. The number of nitrogens with zero attached hydrogens (tertiary/aromatic N) is 1. The molecule has 0 aliphatic rings. The van der Waals surface area contributed by atoms with Crippen LogP contribution in [0.2, 0.25) is 0 Å². The van der Waals surface area contributed by atoms with Crippen molar-refractivity contribution in [2.75, 3.05) is 20.3 Å². The number of hydrogen-bond acceptors (Lipinski definition) is 5. The topological polar surface area (TPSA) is 126 Å². The molecule has 0 rings (SSSR count). The lowest BCUT2D eigenvalue weighted by molar-refractivity contribution is -0.128. The number of nitrogens with one attached hydrogen (secondary N) is 2. The van der Waals surface area contributed by atoms with E-state index in [1.165, 1.54) is 14.0 Å². The maximum atomic E-state index is 11.4. The summed E-state index contributed by atoms with van der Waals surface area (Å²) in [6, 6.07) is -0.689. The molecule has 1 unspecified atom stereocenters. The van der Waals surface area contributed by atoms with Gasteiger partial charge in [0.15, 0.2) is 0 Å². The van der Waals surface area contributed by atoms with E-state index in [9.17, 15) is 9.59 Å². The van der Waals surface area contributed by atoms with Crippen molar-refractivity contribution in [3.05, 3.63) is 0 Å². The normalized spacial score (nSPS) is 12.9. The van der Waals surface area contributed by atoms with Crippen LogP contribution in [0.3, 0.4) is 0 Å². The number of carbonyl (C=O) groups excluding carboxylic acids is 2. The smallest absolute Gasteiger partial charge is 0.242 e. The minimum Gasteiger partial charge on any atom is -0.409 e. The summed E-state index contributed by atoms with van der Waals surface area (Å²) in [5.41, 5.74) is 5.15. The number of hydrogen-bond donors (Lipinski definition) is 4. The fraction of sp³-hybridized carbons (Fsp3) is 0.667. The van der Waals surface area contributed by atoms with Gasteiger partial charge in [0.2, 0.25) is 11.8 Å². The van der Waals surface area contributed by atoms with Gasteiger partial charge in [0.1, 0.15) is 11.9 Å². The van der Waals surface area contributed by atoms with Crippen molar-refractivity contribution in [3.63, 3.8) is 0 Å². The number of amides is 2. The van der Waals surface area contributed by atoms with Crippen LogP contribution in [-0.2, 0) is 14.3 Å². The second-order valence-corrected chi connectivity index (χ2v) is 3.34. The second kappa shape index (κ2) is 8.34. The first-order chi connectivity index (χ1) is 8.01. The quantitative estimate of drug-likeness (QED) is 0.141. The van der Waals surface area contributed by atoms with Crippen molar-refractivity contribution in [1.29, 1.82) is 0 Å². The Bertz CT molecular complexity index is 293. The second-order valence-electron chi connectivity index (χ2n) is 3.34. The number of amidine groups is 1. The van der Waals surface area contributed by atoms with Gasteiger partial charge < -0.3 is 26.3 Å². The van der Waals surface area contributed by atoms with Gasteiger partial charge in [0, 0.05) is 13.7 Å². The maximum Gasteiger partial charge on any atom is 0.242 e. The van der Waals surface area contributed by atoms with Gasteiger partial charge in [-0.3, -0.25) is 9.59 Å². The fourth-order valence-corrected chi connectivity index (χ4v) is 0.987. The summed E-state index contributed by atoms with van der Waals surface area (Å²) in [5.74, 6) is -1.03. The molecule has 0 saturated carbocycles. The summed E-state index contributed by atoms with van der Waals surface area (Å²) in [4.78, 5) is 22.7. The van der Waals surface area contributed by atoms with Gasteiger partial charge in [-0.2, -0.15) is 0 Å². The van der Waals surface area contributed by atoms with Gasteiger partial charge >= 0.3 is 0 Å². The zero-order valence-electron chi connectivity index (χ0n) is 9.90. The van der Waals surface area contributed by atoms with E-state index in [2.05, 4.69) is 15.8 Å². The van der Waals surface area contributed by atoms with Crippen molar-refractivity contribution in [2.45, 2.75) is 19.4 Å². The fourth-order valence-electron chi connectivity index (χ4n) is 0.987. The van der Waals surface area contributed by atoms with Crippen LogP contribution in [0, 0.1) is 0 Å². The monoisotopic (exact) mass is 246 g/mol. The molecule has 0 heterocycles. The van der Waals surface area contributed by atoms with E-state index >= 15 is 0 Å². The molecule has 17 heavy (non-hydrogen) atoms. The first-order valence-corrected chi connectivity index (χ1v) is 5.03. The first kappa shape index (κ1) is 15.2. The molecule has 8 nitrogen and oxygen atoms in total. The molecule has 0 aliphatic heterocycles. The Morgan fingerprint density at radius 1 is 1.53 bits per heavy atom. The van der Waals surface area contributed by atoms with Crippen LogP contribution < -0.4 is 16.4 Å². The summed E-state index contributed by atoms with van der Waals surface area (Å²) in [6.45, 7) is 2.30. The zero-order valence-corrected chi connectivity index (χ0v) is 9.90. The van der Waals surface area contributed by atoms with E-state index in [1.54, 1.807) is 0 Å². The van der Waals surface area contributed by atoms with Crippen LogP contribution >= 0.6 is 0 Å².